The van der Waals surface area contributed by atoms with E-state index in [0.29, 0.717) is 0 Å². The first-order valence-corrected chi connectivity index (χ1v) is 12.3. The minimum Gasteiger partial charge on any atom is -0.471 e. The molecule has 0 N–H and O–H groups in total. The third kappa shape index (κ3) is 3.73. The predicted molar refractivity (Wildman–Crippen MR) is 71.9 cm³/mol. The van der Waals surface area contributed by atoms with Crippen LogP contribution in [0.1, 0.15) is 5.56 Å². The monoisotopic (exact) mass is 236 g/mol. The van der Waals surface area contributed by atoms with Crippen molar-refractivity contribution >= 4 is 21.3 Å². The second kappa shape index (κ2) is 4.03. The molecule has 0 fully saturated rings. The van der Waals surface area contributed by atoms with E-state index < -0.39 is 16.1 Å². The van der Waals surface area contributed by atoms with Crippen LogP contribution in [0.2, 0.25) is 39.3 Å². The Balaban J connectivity index is 3.06. The normalized spacial score (nSPS) is 12.1. The highest BCUT2D eigenvalue weighted by Gasteiger charge is 2.21. The molecule has 1 nitrogen and oxygen atoms in total. The summed E-state index contributed by atoms with van der Waals surface area (Å²) in [4.78, 5) is 0. The van der Waals surface area contributed by atoms with Gasteiger partial charge in [0.1, 0.15) is 14.3 Å². The van der Waals surface area contributed by atoms with E-state index in [-0.39, 0.29) is 0 Å². The number of furan rings is 1. The van der Waals surface area contributed by atoms with Gasteiger partial charge in [0.05, 0.1) is 19.9 Å². The van der Waals surface area contributed by atoms with E-state index in [0.717, 1.165) is 5.56 Å². The Kier molecular flexibility index (Phi) is 3.32. The van der Waals surface area contributed by atoms with Crippen LogP contribution in [0.25, 0.3) is 0 Å². The Morgan fingerprint density at radius 2 is 1.60 bits per heavy atom. The van der Waals surface area contributed by atoms with Crippen LogP contribution in [0.4, 0.5) is 0 Å². The molecule has 1 rings (SSSR count). The van der Waals surface area contributed by atoms with Crippen LogP contribution >= 0.6 is 0 Å². The Morgan fingerprint density at radius 1 is 1.00 bits per heavy atom. The third-order valence-corrected chi connectivity index (χ3v) is 4.92. The average Bonchev–Trinajstić information content (AvgIpc) is 2.45. The molecule has 0 spiro atoms. The molecule has 0 atom stereocenters. The highest BCUT2D eigenvalue weighted by molar-refractivity contribution is 6.89. The van der Waals surface area contributed by atoms with Crippen LogP contribution in [0.5, 0.6) is 0 Å². The summed E-state index contributed by atoms with van der Waals surface area (Å²) in [6.45, 7) is 13.7. The van der Waals surface area contributed by atoms with Crippen LogP contribution in [0.15, 0.2) is 16.9 Å². The first-order valence-electron chi connectivity index (χ1n) is 5.30. The maximum atomic E-state index is 5.29. The molecular formula is C12H20OSi2. The molecule has 0 saturated carbocycles. The molecule has 0 aliphatic rings. The van der Waals surface area contributed by atoms with Gasteiger partial charge >= 0.3 is 0 Å². The fraction of sp³-hybridized carbons (Fsp3) is 0.500. The van der Waals surface area contributed by atoms with Crippen molar-refractivity contribution in [3.05, 3.63) is 18.1 Å². The van der Waals surface area contributed by atoms with E-state index in [2.05, 4.69) is 50.7 Å². The van der Waals surface area contributed by atoms with Gasteiger partial charge in [-0.3, -0.25) is 0 Å². The van der Waals surface area contributed by atoms with E-state index >= 15 is 0 Å². The van der Waals surface area contributed by atoms with E-state index in [9.17, 15) is 0 Å². The Bertz CT molecular complexity index is 394. The fourth-order valence-corrected chi connectivity index (χ4v) is 3.09. The second-order valence-corrected chi connectivity index (χ2v) is 15.7. The van der Waals surface area contributed by atoms with Gasteiger partial charge in [-0.05, 0) is 5.19 Å². The molecule has 0 aromatic carbocycles. The standard InChI is InChI=1S/C12H20OSi2/c1-14(2,3)8-7-11-9-13-10-12(11)15(4,5)6/h9-10H,1-6H3. The molecule has 82 valence electrons. The van der Waals surface area contributed by atoms with Crippen molar-refractivity contribution in [1.29, 1.82) is 0 Å². The topological polar surface area (TPSA) is 13.1 Å². The van der Waals surface area contributed by atoms with Crippen LogP contribution < -0.4 is 5.19 Å². The van der Waals surface area contributed by atoms with E-state index in [1.165, 1.54) is 5.19 Å². The first-order chi connectivity index (χ1) is 6.70. The third-order valence-electron chi connectivity index (χ3n) is 2.04. The zero-order chi connectivity index (χ0) is 11.7. The summed E-state index contributed by atoms with van der Waals surface area (Å²) >= 11 is 0. The average molecular weight is 236 g/mol. The van der Waals surface area contributed by atoms with Gasteiger partial charge in [0.2, 0.25) is 0 Å². The largest absolute Gasteiger partial charge is 0.471 e. The van der Waals surface area contributed by atoms with Gasteiger partial charge in [-0.2, -0.15) is 0 Å². The van der Waals surface area contributed by atoms with Crippen LogP contribution in [0.3, 0.4) is 0 Å². The van der Waals surface area contributed by atoms with Gasteiger partial charge in [0.15, 0.2) is 0 Å². The summed E-state index contributed by atoms with van der Waals surface area (Å²) < 4.78 is 5.29. The summed E-state index contributed by atoms with van der Waals surface area (Å²) in [6, 6.07) is 0. The Hall–Kier alpha value is -0.726. The lowest BCUT2D eigenvalue weighted by atomic mass is 10.4. The molecule has 0 aliphatic heterocycles. The zero-order valence-electron chi connectivity index (χ0n) is 10.6. The first kappa shape index (κ1) is 12.3. The lowest BCUT2D eigenvalue weighted by molar-refractivity contribution is 0.568. The van der Waals surface area contributed by atoms with Crippen LogP contribution in [-0.4, -0.2) is 16.1 Å². The van der Waals surface area contributed by atoms with Gasteiger partial charge < -0.3 is 4.42 Å². The van der Waals surface area contributed by atoms with Gasteiger partial charge in [0.25, 0.3) is 0 Å². The zero-order valence-corrected chi connectivity index (χ0v) is 12.6. The van der Waals surface area contributed by atoms with Crippen molar-refractivity contribution in [2.24, 2.45) is 0 Å². The van der Waals surface area contributed by atoms with Crippen LogP contribution in [0, 0.1) is 11.5 Å². The molecule has 0 amide bonds. The Labute approximate surface area is 94.9 Å². The molecule has 0 saturated heterocycles. The summed E-state index contributed by atoms with van der Waals surface area (Å²) in [5.74, 6) is 3.29. The highest BCUT2D eigenvalue weighted by atomic mass is 28.3. The molecule has 0 aliphatic carbocycles. The molecule has 15 heavy (non-hydrogen) atoms. The van der Waals surface area contributed by atoms with Gasteiger partial charge in [-0.15, -0.1) is 5.54 Å². The maximum Gasteiger partial charge on any atom is 0.129 e. The summed E-state index contributed by atoms with van der Waals surface area (Å²) in [5.41, 5.74) is 4.50. The van der Waals surface area contributed by atoms with Crippen molar-refractivity contribution in [3.8, 4) is 11.5 Å². The van der Waals surface area contributed by atoms with Gasteiger partial charge in [-0.1, -0.05) is 45.2 Å². The van der Waals surface area contributed by atoms with E-state index in [1.54, 1.807) is 6.26 Å². The van der Waals surface area contributed by atoms with E-state index in [1.807, 2.05) is 6.26 Å². The van der Waals surface area contributed by atoms with Crippen molar-refractivity contribution in [1.82, 2.24) is 0 Å². The van der Waals surface area contributed by atoms with Crippen molar-refractivity contribution in [2.75, 3.05) is 0 Å². The summed E-state index contributed by atoms with van der Waals surface area (Å²) in [6.07, 6.45) is 3.67. The molecule has 0 unspecified atom stereocenters. The molecule has 3 heteroatoms. The minimum atomic E-state index is -1.30. The van der Waals surface area contributed by atoms with Crippen molar-refractivity contribution in [2.45, 2.75) is 39.3 Å². The van der Waals surface area contributed by atoms with Gasteiger partial charge in [-0.25, -0.2) is 0 Å². The molecule has 0 radical (unpaired) electrons. The SMILES string of the molecule is C[Si](C)(C)C#Cc1cocc1[Si](C)(C)C. The van der Waals surface area contributed by atoms with Crippen molar-refractivity contribution in [3.63, 3.8) is 0 Å². The Morgan fingerprint density at radius 3 is 2.07 bits per heavy atom. The smallest absolute Gasteiger partial charge is 0.129 e. The number of hydrogen-bond donors (Lipinski definition) is 0. The second-order valence-electron chi connectivity index (χ2n) is 5.95. The highest BCUT2D eigenvalue weighted by Crippen LogP contribution is 2.08. The molecule has 0 bridgehead atoms. The minimum absolute atomic E-state index is 1.11. The molecule has 1 aromatic rings. The number of rotatable bonds is 1. The van der Waals surface area contributed by atoms with Crippen molar-refractivity contribution < 1.29 is 4.42 Å². The quantitative estimate of drug-likeness (QED) is 0.539. The predicted octanol–water partition coefficient (Wildman–Crippen LogP) is 3.05. The number of hydrogen-bond acceptors (Lipinski definition) is 1. The lowest BCUT2D eigenvalue weighted by Gasteiger charge is -2.13. The maximum absolute atomic E-state index is 5.29. The van der Waals surface area contributed by atoms with E-state index in [4.69, 9.17) is 4.42 Å². The molecule has 1 aromatic heterocycles. The fourth-order valence-electron chi connectivity index (χ4n) is 1.23. The summed E-state index contributed by atoms with van der Waals surface area (Å²) in [7, 11) is -2.59. The molecule has 1 heterocycles. The van der Waals surface area contributed by atoms with Crippen LogP contribution in [-0.2, 0) is 0 Å². The lowest BCUT2D eigenvalue weighted by Crippen LogP contribution is -2.38. The molecular weight excluding hydrogens is 216 g/mol. The summed E-state index contributed by atoms with van der Waals surface area (Å²) in [5, 5.41) is 1.34. The van der Waals surface area contributed by atoms with Gasteiger partial charge in [0, 0.05) is 0 Å².